The highest BCUT2D eigenvalue weighted by atomic mass is 16.5. The third-order valence-corrected chi connectivity index (χ3v) is 2.49. The maximum Gasteiger partial charge on any atom is 0.223 e. The Hall–Kier alpha value is -1.55. The first-order valence-electron chi connectivity index (χ1n) is 5.73. The van der Waals surface area contributed by atoms with Gasteiger partial charge in [-0.3, -0.25) is 4.79 Å². The second-order valence-corrected chi connectivity index (χ2v) is 4.10. The van der Waals surface area contributed by atoms with Gasteiger partial charge in [-0.25, -0.2) is 0 Å². The summed E-state index contributed by atoms with van der Waals surface area (Å²) in [5.41, 5.74) is 6.92. The molecule has 0 radical (unpaired) electrons. The van der Waals surface area contributed by atoms with Crippen LogP contribution in [0.5, 0.6) is 5.75 Å². The van der Waals surface area contributed by atoms with E-state index in [1.54, 1.807) is 19.0 Å². The Morgan fingerprint density at radius 3 is 2.76 bits per heavy atom. The molecule has 17 heavy (non-hydrogen) atoms. The average Bonchev–Trinajstić information content (AvgIpc) is 2.29. The van der Waals surface area contributed by atoms with E-state index < -0.39 is 0 Å². The smallest absolute Gasteiger partial charge is 0.223 e. The minimum absolute atomic E-state index is 0.0271. The summed E-state index contributed by atoms with van der Waals surface area (Å²) >= 11 is 0. The summed E-state index contributed by atoms with van der Waals surface area (Å²) in [6, 6.07) is 7.28. The Labute approximate surface area is 102 Å². The van der Waals surface area contributed by atoms with Crippen LogP contribution in [-0.4, -0.2) is 31.5 Å². The Bertz CT molecular complexity index is 377. The summed E-state index contributed by atoms with van der Waals surface area (Å²) < 4.78 is 5.40. The number of carbonyl (C=O) groups is 1. The van der Waals surface area contributed by atoms with Crippen LogP contribution >= 0.6 is 0 Å². The molecular formula is C13H20N2O2. The van der Waals surface area contributed by atoms with E-state index in [4.69, 9.17) is 10.5 Å². The monoisotopic (exact) mass is 236 g/mol. The van der Waals surface area contributed by atoms with Gasteiger partial charge in [-0.15, -0.1) is 0 Å². The van der Waals surface area contributed by atoms with Crippen LogP contribution in [0.1, 0.15) is 24.9 Å². The molecule has 4 heteroatoms. The topological polar surface area (TPSA) is 55.6 Å². The number of benzene rings is 1. The Morgan fingerprint density at radius 2 is 2.18 bits per heavy atom. The summed E-state index contributed by atoms with van der Waals surface area (Å²) in [4.78, 5) is 13.1. The third-order valence-electron chi connectivity index (χ3n) is 2.49. The lowest BCUT2D eigenvalue weighted by molar-refractivity contribution is -0.129. The van der Waals surface area contributed by atoms with Gasteiger partial charge in [-0.05, 0) is 24.6 Å². The first kappa shape index (κ1) is 13.5. The number of amides is 1. The molecule has 0 saturated heterocycles. The molecule has 0 bridgehead atoms. The molecule has 1 atom stereocenters. The number of nitrogens with zero attached hydrogens (tertiary/aromatic N) is 1. The van der Waals surface area contributed by atoms with Gasteiger partial charge in [0.05, 0.1) is 6.61 Å². The quantitative estimate of drug-likeness (QED) is 0.844. The van der Waals surface area contributed by atoms with Crippen LogP contribution in [0.3, 0.4) is 0 Å². The van der Waals surface area contributed by atoms with E-state index >= 15 is 0 Å². The highest BCUT2D eigenvalue weighted by molar-refractivity contribution is 5.76. The van der Waals surface area contributed by atoms with E-state index in [1.807, 2.05) is 31.2 Å². The Morgan fingerprint density at radius 1 is 1.47 bits per heavy atom. The first-order valence-corrected chi connectivity index (χ1v) is 5.73. The molecule has 0 saturated carbocycles. The van der Waals surface area contributed by atoms with Crippen molar-refractivity contribution in [1.29, 1.82) is 0 Å². The summed E-state index contributed by atoms with van der Waals surface area (Å²) in [5, 5.41) is 0. The number of carbonyl (C=O) groups excluding carboxylic acids is 1. The van der Waals surface area contributed by atoms with Gasteiger partial charge in [0.2, 0.25) is 5.91 Å². The van der Waals surface area contributed by atoms with Gasteiger partial charge < -0.3 is 15.4 Å². The minimum Gasteiger partial charge on any atom is -0.494 e. The van der Waals surface area contributed by atoms with Gasteiger partial charge in [-0.2, -0.15) is 0 Å². The molecule has 0 aliphatic carbocycles. The number of ether oxygens (including phenoxy) is 1. The molecule has 0 fully saturated rings. The number of hydrogen-bond acceptors (Lipinski definition) is 3. The molecular weight excluding hydrogens is 216 g/mol. The van der Waals surface area contributed by atoms with Gasteiger partial charge in [0.1, 0.15) is 5.75 Å². The highest BCUT2D eigenvalue weighted by Crippen LogP contribution is 2.20. The van der Waals surface area contributed by atoms with Crippen molar-refractivity contribution < 1.29 is 9.53 Å². The zero-order valence-corrected chi connectivity index (χ0v) is 10.6. The van der Waals surface area contributed by atoms with E-state index in [1.165, 1.54) is 0 Å². The van der Waals surface area contributed by atoms with Gasteiger partial charge in [0.15, 0.2) is 0 Å². The molecule has 0 aliphatic rings. The molecule has 1 rings (SSSR count). The molecule has 2 N–H and O–H groups in total. The standard InChI is InChI=1S/C13H20N2O2/c1-4-17-11-7-5-6-10(8-11)12(14)9-13(16)15(2)3/h5-8,12H,4,9,14H2,1-3H3. The molecule has 0 aromatic heterocycles. The summed E-state index contributed by atoms with van der Waals surface area (Å²) in [7, 11) is 3.46. The largest absolute Gasteiger partial charge is 0.494 e. The van der Waals surface area contributed by atoms with E-state index in [-0.39, 0.29) is 11.9 Å². The molecule has 1 aromatic rings. The predicted octanol–water partition coefficient (Wildman–Crippen LogP) is 1.56. The van der Waals surface area contributed by atoms with Crippen LogP contribution in [0.2, 0.25) is 0 Å². The summed E-state index contributed by atoms with van der Waals surface area (Å²) in [6.45, 7) is 2.55. The zero-order valence-electron chi connectivity index (χ0n) is 10.6. The van der Waals surface area contributed by atoms with Crippen molar-refractivity contribution in [2.75, 3.05) is 20.7 Å². The van der Waals surface area contributed by atoms with E-state index in [9.17, 15) is 4.79 Å². The van der Waals surface area contributed by atoms with E-state index in [2.05, 4.69) is 0 Å². The predicted molar refractivity (Wildman–Crippen MR) is 67.9 cm³/mol. The van der Waals surface area contributed by atoms with Crippen LogP contribution in [0.4, 0.5) is 0 Å². The first-order chi connectivity index (χ1) is 8.04. The van der Waals surface area contributed by atoms with Crippen molar-refractivity contribution in [3.05, 3.63) is 29.8 Å². The maximum absolute atomic E-state index is 11.6. The van der Waals surface area contributed by atoms with Gasteiger partial charge in [0.25, 0.3) is 0 Å². The molecule has 1 aromatic carbocycles. The second kappa shape index (κ2) is 6.25. The van der Waals surface area contributed by atoms with Crippen molar-refractivity contribution in [2.24, 2.45) is 5.73 Å². The molecule has 94 valence electrons. The van der Waals surface area contributed by atoms with Gasteiger partial charge in [-0.1, -0.05) is 12.1 Å². The fourth-order valence-corrected chi connectivity index (χ4v) is 1.49. The van der Waals surface area contributed by atoms with Crippen molar-refractivity contribution in [3.8, 4) is 5.75 Å². The zero-order chi connectivity index (χ0) is 12.8. The fourth-order valence-electron chi connectivity index (χ4n) is 1.49. The Kier molecular flexibility index (Phi) is 4.97. The normalized spacial score (nSPS) is 12.0. The number of nitrogens with two attached hydrogens (primary N) is 1. The summed E-state index contributed by atoms with van der Waals surface area (Å²) in [5.74, 6) is 0.817. The average molecular weight is 236 g/mol. The fraction of sp³-hybridized carbons (Fsp3) is 0.462. The lowest BCUT2D eigenvalue weighted by Gasteiger charge is -2.16. The molecule has 0 heterocycles. The molecule has 4 nitrogen and oxygen atoms in total. The van der Waals surface area contributed by atoms with Crippen molar-refractivity contribution in [2.45, 2.75) is 19.4 Å². The van der Waals surface area contributed by atoms with Crippen LogP contribution in [0.15, 0.2) is 24.3 Å². The molecule has 0 spiro atoms. The number of rotatable bonds is 5. The second-order valence-electron chi connectivity index (χ2n) is 4.10. The van der Waals surface area contributed by atoms with Crippen molar-refractivity contribution >= 4 is 5.91 Å². The Balaban J connectivity index is 2.71. The highest BCUT2D eigenvalue weighted by Gasteiger charge is 2.13. The van der Waals surface area contributed by atoms with Crippen molar-refractivity contribution in [1.82, 2.24) is 4.90 Å². The molecule has 0 aliphatic heterocycles. The van der Waals surface area contributed by atoms with Crippen LogP contribution in [0, 0.1) is 0 Å². The minimum atomic E-state index is -0.287. The van der Waals surface area contributed by atoms with Crippen LogP contribution in [0.25, 0.3) is 0 Å². The van der Waals surface area contributed by atoms with Crippen LogP contribution < -0.4 is 10.5 Å². The van der Waals surface area contributed by atoms with E-state index in [0.717, 1.165) is 11.3 Å². The van der Waals surface area contributed by atoms with Crippen molar-refractivity contribution in [3.63, 3.8) is 0 Å². The molecule has 1 amide bonds. The maximum atomic E-state index is 11.6. The lowest BCUT2D eigenvalue weighted by Crippen LogP contribution is -2.26. The van der Waals surface area contributed by atoms with E-state index in [0.29, 0.717) is 13.0 Å². The third kappa shape index (κ3) is 4.07. The van der Waals surface area contributed by atoms with Gasteiger partial charge >= 0.3 is 0 Å². The van der Waals surface area contributed by atoms with Crippen LogP contribution in [-0.2, 0) is 4.79 Å². The number of hydrogen-bond donors (Lipinski definition) is 1. The summed E-state index contributed by atoms with van der Waals surface area (Å²) in [6.07, 6.45) is 0.308. The van der Waals surface area contributed by atoms with Gasteiger partial charge in [0, 0.05) is 26.6 Å². The SMILES string of the molecule is CCOc1cccc(C(N)CC(=O)N(C)C)c1. The molecule has 1 unspecified atom stereocenters. The lowest BCUT2D eigenvalue weighted by atomic mass is 10.0.